The van der Waals surface area contributed by atoms with Crippen LogP contribution in [-0.4, -0.2) is 27.1 Å². The van der Waals surface area contributed by atoms with E-state index in [1.807, 2.05) is 0 Å². The fourth-order valence-electron chi connectivity index (χ4n) is 2.78. The van der Waals surface area contributed by atoms with Gasteiger partial charge in [-0.15, -0.1) is 0 Å². The van der Waals surface area contributed by atoms with Gasteiger partial charge in [-0.1, -0.05) is 11.6 Å². The van der Waals surface area contributed by atoms with E-state index in [2.05, 4.69) is 47.6 Å². The second-order valence-corrected chi connectivity index (χ2v) is 9.36. The lowest BCUT2D eigenvalue weighted by atomic mass is 9.98. The summed E-state index contributed by atoms with van der Waals surface area (Å²) in [5.41, 5.74) is 1.56. The molecule has 0 aromatic rings. The third-order valence-electron chi connectivity index (χ3n) is 3.38. The van der Waals surface area contributed by atoms with Gasteiger partial charge in [0.1, 0.15) is 0 Å². The molecule has 0 atom stereocenters. The highest BCUT2D eigenvalue weighted by Crippen LogP contribution is 2.29. The Balaban J connectivity index is 2.77. The van der Waals surface area contributed by atoms with E-state index in [0.29, 0.717) is 0 Å². The molecule has 4 heteroatoms. The van der Waals surface area contributed by atoms with Crippen LogP contribution in [0, 0.1) is 0 Å². The van der Waals surface area contributed by atoms with Crippen molar-refractivity contribution < 1.29 is 13.3 Å². The van der Waals surface area contributed by atoms with Gasteiger partial charge in [0.25, 0.3) is 0 Å². The van der Waals surface area contributed by atoms with E-state index in [9.17, 15) is 0 Å². The van der Waals surface area contributed by atoms with Gasteiger partial charge in [-0.3, -0.25) is 0 Å². The monoisotopic (exact) mass is 314 g/mol. The summed E-state index contributed by atoms with van der Waals surface area (Å²) in [4.78, 5) is 0. The molecule has 0 amide bonds. The summed E-state index contributed by atoms with van der Waals surface area (Å²) in [5.74, 6) is 0. The molecule has 0 heterocycles. The summed E-state index contributed by atoms with van der Waals surface area (Å²) < 4.78 is 18.7. The van der Waals surface area contributed by atoms with Crippen LogP contribution < -0.4 is 0 Å². The minimum absolute atomic E-state index is 0.134. The van der Waals surface area contributed by atoms with Crippen molar-refractivity contribution >= 4 is 8.80 Å². The maximum atomic E-state index is 6.22. The quantitative estimate of drug-likeness (QED) is 0.438. The molecular weight excluding hydrogens is 280 g/mol. The highest BCUT2D eigenvalue weighted by Gasteiger charge is 2.43. The van der Waals surface area contributed by atoms with Crippen LogP contribution >= 0.6 is 0 Å². The number of rotatable bonds is 9. The largest absolute Gasteiger partial charge is 0.501 e. The minimum atomic E-state index is -2.61. The van der Waals surface area contributed by atoms with E-state index in [-0.39, 0.29) is 18.3 Å². The van der Waals surface area contributed by atoms with Gasteiger partial charge in [-0.05, 0) is 73.6 Å². The Morgan fingerprint density at radius 1 is 0.905 bits per heavy atom. The Hall–Kier alpha value is -0.163. The number of allylic oxidation sites excluding steroid dienone is 2. The highest BCUT2D eigenvalue weighted by atomic mass is 28.4. The fourth-order valence-corrected chi connectivity index (χ4v) is 6.09. The predicted molar refractivity (Wildman–Crippen MR) is 90.4 cm³/mol. The molecule has 1 aliphatic carbocycles. The van der Waals surface area contributed by atoms with Crippen LogP contribution in [0.1, 0.15) is 73.6 Å². The topological polar surface area (TPSA) is 27.7 Å². The molecule has 0 radical (unpaired) electrons. The zero-order chi connectivity index (χ0) is 15.9. The summed E-state index contributed by atoms with van der Waals surface area (Å²) in [6, 6.07) is 0.896. The molecule has 3 nitrogen and oxygen atoms in total. The Labute approximate surface area is 132 Å². The van der Waals surface area contributed by atoms with Crippen LogP contribution in [0.2, 0.25) is 6.04 Å². The van der Waals surface area contributed by atoms with Crippen molar-refractivity contribution in [1.82, 2.24) is 0 Å². The maximum absolute atomic E-state index is 6.22. The summed E-state index contributed by atoms with van der Waals surface area (Å²) in [6.07, 6.45) is 8.97. The SMILES string of the molecule is CC(C)O[Si](CCC1=CCCCC1)(OC(C)C)OC(C)C. The lowest BCUT2D eigenvalue weighted by molar-refractivity contribution is 0.00326. The third-order valence-corrected chi connectivity index (χ3v) is 6.74. The van der Waals surface area contributed by atoms with Gasteiger partial charge in [0.05, 0.1) is 0 Å². The first-order chi connectivity index (χ1) is 9.83. The van der Waals surface area contributed by atoms with Gasteiger partial charge >= 0.3 is 8.80 Å². The predicted octanol–water partition coefficient (Wildman–Crippen LogP) is 5.09. The zero-order valence-corrected chi connectivity index (χ0v) is 15.8. The van der Waals surface area contributed by atoms with Gasteiger partial charge in [0.2, 0.25) is 0 Å². The fraction of sp³-hybridized carbons (Fsp3) is 0.882. The molecule has 0 aromatic carbocycles. The van der Waals surface area contributed by atoms with Gasteiger partial charge < -0.3 is 13.3 Å². The normalized spacial score (nSPS) is 16.9. The Bertz CT molecular complexity index is 297. The van der Waals surface area contributed by atoms with Gasteiger partial charge in [-0.25, -0.2) is 0 Å². The number of hydrogen-bond acceptors (Lipinski definition) is 3. The first-order valence-corrected chi connectivity index (χ1v) is 10.5. The van der Waals surface area contributed by atoms with Crippen LogP contribution in [0.4, 0.5) is 0 Å². The maximum Gasteiger partial charge on any atom is 0.501 e. The first-order valence-electron chi connectivity index (χ1n) is 8.54. The molecule has 0 aromatic heterocycles. The number of hydrogen-bond donors (Lipinski definition) is 0. The molecule has 0 unspecified atom stereocenters. The molecule has 0 spiro atoms. The lowest BCUT2D eigenvalue weighted by Crippen LogP contribution is -2.50. The molecule has 0 fully saturated rings. The van der Waals surface area contributed by atoms with E-state index < -0.39 is 8.80 Å². The van der Waals surface area contributed by atoms with Crippen molar-refractivity contribution in [1.29, 1.82) is 0 Å². The lowest BCUT2D eigenvalue weighted by Gasteiger charge is -2.35. The van der Waals surface area contributed by atoms with Crippen molar-refractivity contribution in [2.45, 2.75) is 98.0 Å². The van der Waals surface area contributed by atoms with Gasteiger partial charge in [0, 0.05) is 24.4 Å². The summed E-state index contributed by atoms with van der Waals surface area (Å²) in [5, 5.41) is 0. The van der Waals surface area contributed by atoms with E-state index >= 15 is 0 Å². The molecule has 1 rings (SSSR count). The van der Waals surface area contributed by atoms with Crippen LogP contribution in [0.25, 0.3) is 0 Å². The summed E-state index contributed by atoms with van der Waals surface area (Å²) >= 11 is 0. The van der Waals surface area contributed by atoms with E-state index in [1.54, 1.807) is 5.57 Å². The average Bonchev–Trinajstić information content (AvgIpc) is 2.35. The first kappa shape index (κ1) is 18.9. The van der Waals surface area contributed by atoms with Crippen molar-refractivity contribution in [3.05, 3.63) is 11.6 Å². The molecular formula is C17H34O3Si. The Kier molecular flexibility index (Phi) is 8.17. The Morgan fingerprint density at radius 2 is 1.43 bits per heavy atom. The van der Waals surface area contributed by atoms with Crippen molar-refractivity contribution in [2.75, 3.05) is 0 Å². The van der Waals surface area contributed by atoms with Crippen molar-refractivity contribution in [3.63, 3.8) is 0 Å². The second kappa shape index (κ2) is 9.08. The van der Waals surface area contributed by atoms with Gasteiger partial charge in [0.15, 0.2) is 0 Å². The summed E-state index contributed by atoms with van der Waals surface area (Å²) in [6.45, 7) is 12.4. The molecule has 0 N–H and O–H groups in total. The van der Waals surface area contributed by atoms with E-state index in [1.165, 1.54) is 25.7 Å². The molecule has 0 saturated carbocycles. The minimum Gasteiger partial charge on any atom is -0.371 e. The van der Waals surface area contributed by atoms with E-state index in [0.717, 1.165) is 12.5 Å². The highest BCUT2D eigenvalue weighted by molar-refractivity contribution is 6.60. The zero-order valence-electron chi connectivity index (χ0n) is 14.8. The molecule has 0 saturated heterocycles. The van der Waals surface area contributed by atoms with Crippen molar-refractivity contribution in [2.24, 2.45) is 0 Å². The molecule has 124 valence electrons. The average molecular weight is 315 g/mol. The molecule has 0 aliphatic heterocycles. The molecule has 1 aliphatic rings. The standard InChI is InChI=1S/C17H34O3Si/c1-14(2)18-21(19-15(3)4,20-16(5)6)13-12-17-10-8-7-9-11-17/h10,14-16H,7-9,11-13H2,1-6H3. The van der Waals surface area contributed by atoms with Crippen LogP contribution in [-0.2, 0) is 13.3 Å². The molecule has 21 heavy (non-hydrogen) atoms. The van der Waals surface area contributed by atoms with Crippen molar-refractivity contribution in [3.8, 4) is 0 Å². The smallest absolute Gasteiger partial charge is 0.371 e. The summed E-state index contributed by atoms with van der Waals surface area (Å²) in [7, 11) is -2.61. The van der Waals surface area contributed by atoms with Crippen LogP contribution in [0.15, 0.2) is 11.6 Å². The van der Waals surface area contributed by atoms with Crippen LogP contribution in [0.3, 0.4) is 0 Å². The Morgan fingerprint density at radius 3 is 1.81 bits per heavy atom. The third kappa shape index (κ3) is 7.59. The van der Waals surface area contributed by atoms with E-state index in [4.69, 9.17) is 13.3 Å². The van der Waals surface area contributed by atoms with Crippen LogP contribution in [0.5, 0.6) is 0 Å². The second-order valence-electron chi connectivity index (χ2n) is 6.79. The van der Waals surface area contributed by atoms with Gasteiger partial charge in [-0.2, -0.15) is 0 Å². The molecule has 0 bridgehead atoms.